The summed E-state index contributed by atoms with van der Waals surface area (Å²) >= 11 is 7.42. The van der Waals surface area contributed by atoms with E-state index in [0.29, 0.717) is 33.0 Å². The lowest BCUT2D eigenvalue weighted by molar-refractivity contribution is -0.118. The number of aromatic amines is 1. The molecule has 178 valence electrons. The van der Waals surface area contributed by atoms with E-state index in [2.05, 4.69) is 20.5 Å². The van der Waals surface area contributed by atoms with Crippen LogP contribution in [0, 0.1) is 0 Å². The molecule has 2 aromatic heterocycles. The van der Waals surface area contributed by atoms with Crippen LogP contribution in [-0.2, 0) is 4.79 Å². The van der Waals surface area contributed by atoms with Crippen LogP contribution in [0.4, 0.5) is 5.69 Å². The number of H-pyrrole nitrogens is 1. The smallest absolute Gasteiger partial charge is 0.262 e. The molecule has 6 rings (SSSR count). The predicted molar refractivity (Wildman–Crippen MR) is 139 cm³/mol. The van der Waals surface area contributed by atoms with Crippen LogP contribution < -0.4 is 10.1 Å². The van der Waals surface area contributed by atoms with Gasteiger partial charge in [-0.15, -0.1) is 10.2 Å². The fraction of sp³-hybridized carbons (Fsp3) is 0.0769. The fourth-order valence-electron chi connectivity index (χ4n) is 4.09. The van der Waals surface area contributed by atoms with Gasteiger partial charge in [-0.1, -0.05) is 41.6 Å². The van der Waals surface area contributed by atoms with Gasteiger partial charge in [-0.2, -0.15) is 0 Å². The fourth-order valence-corrected chi connectivity index (χ4v) is 5.06. The molecule has 5 aromatic rings. The molecule has 0 aliphatic carbocycles. The zero-order valence-electron chi connectivity index (χ0n) is 18.7. The molecule has 0 bridgehead atoms. The number of ether oxygens (including phenoxy) is 1. The van der Waals surface area contributed by atoms with Crippen molar-refractivity contribution in [3.63, 3.8) is 0 Å². The van der Waals surface area contributed by atoms with Gasteiger partial charge < -0.3 is 15.0 Å². The van der Waals surface area contributed by atoms with E-state index in [4.69, 9.17) is 16.3 Å². The second-order valence-electron chi connectivity index (χ2n) is 8.13. The molecule has 36 heavy (non-hydrogen) atoms. The number of para-hydroxylation sites is 1. The third-order valence-corrected chi connectivity index (χ3v) is 7.00. The van der Waals surface area contributed by atoms with Gasteiger partial charge >= 0.3 is 0 Å². The first-order valence-corrected chi connectivity index (χ1v) is 12.4. The van der Waals surface area contributed by atoms with E-state index in [-0.39, 0.29) is 24.1 Å². The largest absolute Gasteiger partial charge is 0.482 e. The van der Waals surface area contributed by atoms with Crippen LogP contribution in [0.15, 0.2) is 78.1 Å². The van der Waals surface area contributed by atoms with Crippen molar-refractivity contribution in [3.05, 3.63) is 83.5 Å². The maximum Gasteiger partial charge on any atom is 0.262 e. The van der Waals surface area contributed by atoms with Crippen molar-refractivity contribution < 1.29 is 14.3 Å². The quantitative estimate of drug-likeness (QED) is 0.233. The lowest BCUT2D eigenvalue weighted by Gasteiger charge is -2.18. The standard InChI is InChI=1S/C26H18ClN5O3S/c27-16-6-8-17(9-7-16)32-25(19-12-28-20-4-2-1-3-18(19)20)30-31-26(32)36-14-22(33)15-5-10-23-21(11-15)29-24(34)13-35-23/h1-12,28H,13-14H2,(H,29,34). The van der Waals surface area contributed by atoms with Crippen molar-refractivity contribution in [3.8, 4) is 22.8 Å². The molecule has 0 radical (unpaired) electrons. The van der Waals surface area contributed by atoms with Crippen LogP contribution in [-0.4, -0.2) is 43.8 Å². The van der Waals surface area contributed by atoms with E-state index in [0.717, 1.165) is 22.2 Å². The molecule has 0 atom stereocenters. The van der Waals surface area contributed by atoms with Crippen LogP contribution >= 0.6 is 23.4 Å². The molecule has 1 aliphatic heterocycles. The monoisotopic (exact) mass is 515 g/mol. The van der Waals surface area contributed by atoms with Gasteiger partial charge in [-0.05, 0) is 48.5 Å². The Morgan fingerprint density at radius 1 is 1.08 bits per heavy atom. The molecule has 1 amide bonds. The van der Waals surface area contributed by atoms with Crippen molar-refractivity contribution in [2.45, 2.75) is 5.16 Å². The number of aromatic nitrogens is 4. The van der Waals surface area contributed by atoms with Crippen LogP contribution in [0.25, 0.3) is 28.0 Å². The first-order chi connectivity index (χ1) is 17.6. The number of fused-ring (bicyclic) bond motifs is 2. The molecule has 3 heterocycles. The number of ketones is 1. The van der Waals surface area contributed by atoms with E-state index in [9.17, 15) is 9.59 Å². The number of anilines is 1. The zero-order chi connectivity index (χ0) is 24.6. The van der Waals surface area contributed by atoms with Crippen LogP contribution in [0.3, 0.4) is 0 Å². The lowest BCUT2D eigenvalue weighted by atomic mass is 10.1. The first kappa shape index (κ1) is 22.4. The maximum atomic E-state index is 13.0. The van der Waals surface area contributed by atoms with E-state index in [1.165, 1.54) is 11.8 Å². The van der Waals surface area contributed by atoms with Gasteiger partial charge in [-0.25, -0.2) is 0 Å². The molecule has 0 unspecified atom stereocenters. The van der Waals surface area contributed by atoms with Gasteiger partial charge in [0.25, 0.3) is 5.91 Å². The Kier molecular flexibility index (Phi) is 5.71. The third kappa shape index (κ3) is 4.12. The number of carbonyl (C=O) groups is 2. The summed E-state index contributed by atoms with van der Waals surface area (Å²) in [7, 11) is 0. The Labute approximate surface area is 214 Å². The Bertz CT molecular complexity index is 1630. The number of nitrogens with zero attached hydrogens (tertiary/aromatic N) is 3. The Morgan fingerprint density at radius 2 is 1.92 bits per heavy atom. The molecule has 10 heteroatoms. The summed E-state index contributed by atoms with van der Waals surface area (Å²) < 4.78 is 7.30. The minimum atomic E-state index is -0.248. The van der Waals surface area contributed by atoms with Crippen LogP contribution in [0.1, 0.15) is 10.4 Å². The van der Waals surface area contributed by atoms with Crippen LogP contribution in [0.2, 0.25) is 5.02 Å². The number of amides is 1. The molecule has 3 aromatic carbocycles. The van der Waals surface area contributed by atoms with Crippen LogP contribution in [0.5, 0.6) is 5.75 Å². The summed E-state index contributed by atoms with van der Waals surface area (Å²) in [5, 5.41) is 13.9. The summed E-state index contributed by atoms with van der Waals surface area (Å²) in [5.41, 5.74) is 3.69. The highest BCUT2D eigenvalue weighted by Gasteiger charge is 2.21. The van der Waals surface area contributed by atoms with Crippen molar-refractivity contribution in [2.75, 3.05) is 17.7 Å². The van der Waals surface area contributed by atoms with Gasteiger partial charge in [0.15, 0.2) is 23.4 Å². The molecule has 1 aliphatic rings. The summed E-state index contributed by atoms with van der Waals surface area (Å²) in [5.74, 6) is 0.972. The average molecular weight is 516 g/mol. The lowest BCUT2D eigenvalue weighted by Crippen LogP contribution is -2.25. The molecule has 0 fully saturated rings. The highest BCUT2D eigenvalue weighted by atomic mass is 35.5. The Morgan fingerprint density at radius 3 is 2.78 bits per heavy atom. The van der Waals surface area contributed by atoms with Crippen molar-refractivity contribution >= 4 is 51.6 Å². The van der Waals surface area contributed by atoms with Crippen molar-refractivity contribution in [1.29, 1.82) is 0 Å². The molecular formula is C26H18ClN5O3S. The number of thioether (sulfide) groups is 1. The molecule has 2 N–H and O–H groups in total. The summed E-state index contributed by atoms with van der Waals surface area (Å²) in [6.45, 7) is -0.0325. The highest BCUT2D eigenvalue weighted by Crippen LogP contribution is 2.34. The maximum absolute atomic E-state index is 13.0. The Balaban J connectivity index is 1.33. The van der Waals surface area contributed by atoms with Crippen molar-refractivity contribution in [2.24, 2.45) is 0 Å². The second kappa shape index (κ2) is 9.18. The average Bonchev–Trinajstić information content (AvgIpc) is 3.51. The molecule has 0 spiro atoms. The first-order valence-electron chi connectivity index (χ1n) is 11.1. The number of carbonyl (C=O) groups excluding carboxylic acids is 2. The van der Waals surface area contributed by atoms with E-state index >= 15 is 0 Å². The van der Waals surface area contributed by atoms with Gasteiger partial charge in [0, 0.05) is 38.9 Å². The number of rotatable bonds is 6. The summed E-state index contributed by atoms with van der Waals surface area (Å²) in [6, 6.07) is 20.4. The molecule has 0 saturated carbocycles. The van der Waals surface area contributed by atoms with Gasteiger partial charge in [0.1, 0.15) is 5.75 Å². The molecule has 8 nitrogen and oxygen atoms in total. The SMILES string of the molecule is O=C1COc2ccc(C(=O)CSc3nnc(-c4c[nH]c5ccccc45)n3-c3ccc(Cl)cc3)cc2N1. The number of nitrogens with one attached hydrogen (secondary N) is 2. The minimum Gasteiger partial charge on any atom is -0.482 e. The highest BCUT2D eigenvalue weighted by molar-refractivity contribution is 7.99. The normalized spacial score (nSPS) is 12.8. The number of hydrogen-bond acceptors (Lipinski definition) is 6. The topological polar surface area (TPSA) is 102 Å². The third-order valence-electron chi connectivity index (χ3n) is 5.82. The van der Waals surface area contributed by atoms with Gasteiger partial charge in [0.05, 0.1) is 11.4 Å². The zero-order valence-corrected chi connectivity index (χ0v) is 20.3. The molecular weight excluding hydrogens is 498 g/mol. The summed E-state index contributed by atoms with van der Waals surface area (Å²) in [6.07, 6.45) is 1.91. The predicted octanol–water partition coefficient (Wildman–Crippen LogP) is 5.37. The number of benzene rings is 3. The van der Waals surface area contributed by atoms with E-state index in [1.54, 1.807) is 30.3 Å². The minimum absolute atomic E-state index is 0.0325. The number of halogens is 1. The van der Waals surface area contributed by atoms with Gasteiger partial charge in [0.2, 0.25) is 0 Å². The van der Waals surface area contributed by atoms with Crippen molar-refractivity contribution in [1.82, 2.24) is 19.7 Å². The number of hydrogen-bond donors (Lipinski definition) is 2. The summed E-state index contributed by atoms with van der Waals surface area (Å²) in [4.78, 5) is 28.0. The molecule has 0 saturated heterocycles. The van der Waals surface area contributed by atoms with E-state index in [1.807, 2.05) is 47.2 Å². The Hall–Kier alpha value is -4.08. The van der Waals surface area contributed by atoms with E-state index < -0.39 is 0 Å². The second-order valence-corrected chi connectivity index (χ2v) is 9.50. The van der Waals surface area contributed by atoms with Gasteiger partial charge in [-0.3, -0.25) is 14.2 Å². The number of Topliss-reactive ketones (excluding diaryl/α,β-unsaturated/α-hetero) is 1.